The van der Waals surface area contributed by atoms with Gasteiger partial charge in [-0.1, -0.05) is 169 Å². The summed E-state index contributed by atoms with van der Waals surface area (Å²) in [6.45, 7) is 43.5. The maximum atomic E-state index is 3.40. The van der Waals surface area contributed by atoms with E-state index in [1.54, 1.807) is 0 Å². The molecule has 0 heterocycles. The molecular weight excluding hydrogens is 835 g/mol. The SMILES string of the molecule is CC(C)(C)c1cc2[cH-]c3cc(C(C)(C)C)c(C(C)(C)C)cc3c2cc1C(C)(C)C.CC(C)C1[C-]=CC(C(C)(C)C)=C1.Cc1ccc([C](=[Zr+2])c2ccc(C)cc2)cc1.[Cl-].[Cl-]. The summed E-state index contributed by atoms with van der Waals surface area (Å²) >= 11 is 1.46. The van der Waals surface area contributed by atoms with Crippen molar-refractivity contribution in [2.75, 3.05) is 0 Å². The number of allylic oxidation sites excluding steroid dienone is 4. The zero-order valence-electron chi connectivity index (χ0n) is 40.1. The van der Waals surface area contributed by atoms with E-state index in [-0.39, 0.29) is 51.9 Å². The van der Waals surface area contributed by atoms with Crippen LogP contribution in [0.4, 0.5) is 0 Å². The molecule has 0 amide bonds. The van der Waals surface area contributed by atoms with Gasteiger partial charge in [0.05, 0.1) is 0 Å². The van der Waals surface area contributed by atoms with Crippen LogP contribution in [-0.4, -0.2) is 3.21 Å². The molecule has 3 heteroatoms. The molecule has 318 valence electrons. The van der Waals surface area contributed by atoms with Crippen molar-refractivity contribution >= 4 is 24.8 Å². The number of fused-ring (bicyclic) bond motifs is 3. The minimum Gasteiger partial charge on any atom is -1.00 e. The van der Waals surface area contributed by atoms with E-state index in [2.05, 4.69) is 229 Å². The van der Waals surface area contributed by atoms with Gasteiger partial charge in [0.25, 0.3) is 0 Å². The van der Waals surface area contributed by atoms with E-state index in [1.807, 2.05) is 0 Å². The summed E-state index contributed by atoms with van der Waals surface area (Å²) < 4.78 is 1.42. The number of halogens is 2. The number of rotatable bonds is 3. The number of benzene rings is 4. The fraction of sp³-hybridized carbons (Fsp3) is 0.464. The second kappa shape index (κ2) is 19.7. The normalized spacial score (nSPS) is 14.5. The summed E-state index contributed by atoms with van der Waals surface area (Å²) in [5, 5.41) is 5.57. The number of aryl methyl sites for hydroxylation is 2. The summed E-state index contributed by atoms with van der Waals surface area (Å²) in [5.41, 5.74) is 13.4. The van der Waals surface area contributed by atoms with Crippen molar-refractivity contribution in [2.24, 2.45) is 17.3 Å². The predicted molar refractivity (Wildman–Crippen MR) is 251 cm³/mol. The van der Waals surface area contributed by atoms with Gasteiger partial charge in [0.2, 0.25) is 0 Å². The number of hydrogen-bond donors (Lipinski definition) is 0. The molecule has 5 aromatic carbocycles. The minimum absolute atomic E-state index is 0. The predicted octanol–water partition coefficient (Wildman–Crippen LogP) is 9.93. The Hall–Kier alpha value is -2.44. The molecular formula is C56H74Cl2Zr-2. The van der Waals surface area contributed by atoms with Crippen LogP contribution in [0, 0.1) is 37.2 Å². The van der Waals surface area contributed by atoms with E-state index in [9.17, 15) is 0 Å². The molecule has 1 unspecified atom stereocenters. The monoisotopic (exact) mass is 906 g/mol. The van der Waals surface area contributed by atoms with Crippen LogP contribution in [0.15, 0.2) is 96.6 Å². The zero-order chi connectivity index (χ0) is 43.1. The average molecular weight is 909 g/mol. The number of hydrogen-bond acceptors (Lipinski definition) is 0. The second-order valence-electron chi connectivity index (χ2n) is 22.2. The van der Waals surface area contributed by atoms with E-state index in [4.69, 9.17) is 0 Å². The summed E-state index contributed by atoms with van der Waals surface area (Å²) in [5.74, 6) is 1.22. The van der Waals surface area contributed by atoms with Crippen molar-refractivity contribution in [3.8, 4) is 0 Å². The third-order valence-corrected chi connectivity index (χ3v) is 12.7. The Morgan fingerprint density at radius 1 is 0.525 bits per heavy atom. The first-order valence-corrected chi connectivity index (χ1v) is 22.5. The van der Waals surface area contributed by atoms with Crippen molar-refractivity contribution < 1.29 is 49.0 Å². The molecule has 0 nitrogen and oxygen atoms in total. The van der Waals surface area contributed by atoms with E-state index >= 15 is 0 Å². The molecule has 1 atom stereocenters. The second-order valence-corrected chi connectivity index (χ2v) is 23.4. The molecule has 0 aromatic heterocycles. The smallest absolute Gasteiger partial charge is 1.00 e. The van der Waals surface area contributed by atoms with Gasteiger partial charge in [0, 0.05) is 0 Å². The Morgan fingerprint density at radius 3 is 1.10 bits per heavy atom. The molecule has 0 bridgehead atoms. The van der Waals surface area contributed by atoms with Crippen molar-refractivity contribution in [3.63, 3.8) is 0 Å². The molecule has 59 heavy (non-hydrogen) atoms. The molecule has 5 aromatic rings. The summed E-state index contributed by atoms with van der Waals surface area (Å²) in [6, 6.07) is 29.8. The van der Waals surface area contributed by atoms with E-state index in [1.165, 1.54) is 99.1 Å². The molecule has 0 N–H and O–H groups in total. The molecule has 0 saturated carbocycles. The van der Waals surface area contributed by atoms with E-state index in [0.717, 1.165) is 0 Å². The Kier molecular flexibility index (Phi) is 17.6. The van der Waals surface area contributed by atoms with Crippen LogP contribution in [0.25, 0.3) is 21.5 Å². The fourth-order valence-electron chi connectivity index (χ4n) is 7.52. The Morgan fingerprint density at radius 2 is 0.847 bits per heavy atom. The van der Waals surface area contributed by atoms with Crippen LogP contribution in [0.2, 0.25) is 0 Å². The van der Waals surface area contributed by atoms with Crippen LogP contribution >= 0.6 is 0 Å². The van der Waals surface area contributed by atoms with E-state index in [0.29, 0.717) is 11.8 Å². The van der Waals surface area contributed by atoms with Gasteiger partial charge in [-0.15, -0.1) is 39.7 Å². The Bertz CT molecular complexity index is 2100. The topological polar surface area (TPSA) is 0 Å². The molecule has 1 aliphatic rings. The van der Waals surface area contributed by atoms with Gasteiger partial charge in [-0.2, -0.15) is 11.6 Å². The molecule has 0 aliphatic heterocycles. The molecule has 6 rings (SSSR count). The maximum Gasteiger partial charge on any atom is -1.00 e. The van der Waals surface area contributed by atoms with Crippen LogP contribution in [0.3, 0.4) is 0 Å². The summed E-state index contributed by atoms with van der Waals surface area (Å²) in [7, 11) is 0. The third-order valence-electron chi connectivity index (χ3n) is 11.3. The van der Waals surface area contributed by atoms with Gasteiger partial charge >= 0.3 is 112 Å². The standard InChI is InChI=1S/C29H41.C15H14.C12H19.2ClH.Zr/c1-26(2,3)22-14-18-13-19-15-23(27(4,5)6)25(29(10,11)12)17-21(19)20(18)16-24(22)28(7,8)9;1-12-3-7-14(8-4-12)11-15-9-5-13(2)6-10-15;1-9(2)10-6-7-11(8-10)12(3,4)5;;;/h13-17H,1-12H3;3-10H,1-2H3;7-10H,1-5H3;2*1H;/q-1;;-1;;;+2/p-2. The molecule has 0 spiro atoms. The van der Waals surface area contributed by atoms with Crippen molar-refractivity contribution in [3.05, 3.63) is 147 Å². The minimum atomic E-state index is 0. The van der Waals surface area contributed by atoms with Crippen LogP contribution < -0.4 is 24.8 Å². The van der Waals surface area contributed by atoms with Crippen LogP contribution in [-0.2, 0) is 45.9 Å². The van der Waals surface area contributed by atoms with E-state index < -0.39 is 0 Å². The fourth-order valence-corrected chi connectivity index (χ4v) is 8.34. The first kappa shape index (κ1) is 52.7. The van der Waals surface area contributed by atoms with Gasteiger partial charge in [0.1, 0.15) is 0 Å². The van der Waals surface area contributed by atoms with Crippen molar-refractivity contribution in [1.29, 1.82) is 0 Å². The van der Waals surface area contributed by atoms with Gasteiger partial charge in [-0.25, -0.2) is 6.08 Å². The summed E-state index contributed by atoms with van der Waals surface area (Å²) in [4.78, 5) is 0. The Balaban J connectivity index is 0.000000337. The molecule has 0 radical (unpaired) electrons. The summed E-state index contributed by atoms with van der Waals surface area (Å²) in [6.07, 6.45) is 7.90. The first-order chi connectivity index (χ1) is 26.0. The van der Waals surface area contributed by atoms with Crippen molar-refractivity contribution in [1.82, 2.24) is 0 Å². The molecule has 1 aliphatic carbocycles. The largest absolute Gasteiger partial charge is 1.00 e. The molecule has 0 saturated heterocycles. The van der Waals surface area contributed by atoms with Gasteiger partial charge < -0.3 is 24.8 Å². The first-order valence-electron chi connectivity index (χ1n) is 21.3. The Labute approximate surface area is 388 Å². The third kappa shape index (κ3) is 13.5. The van der Waals surface area contributed by atoms with Crippen LogP contribution in [0.5, 0.6) is 0 Å². The van der Waals surface area contributed by atoms with Gasteiger partial charge in [-0.3, -0.25) is 6.08 Å². The maximum absolute atomic E-state index is 3.40. The van der Waals surface area contributed by atoms with Crippen LogP contribution in [0.1, 0.15) is 162 Å². The van der Waals surface area contributed by atoms with Crippen molar-refractivity contribution in [2.45, 2.75) is 153 Å². The quantitative estimate of drug-likeness (QED) is 0.158. The average Bonchev–Trinajstić information content (AvgIpc) is 3.72. The molecule has 0 fully saturated rings. The van der Waals surface area contributed by atoms with Gasteiger partial charge in [0.15, 0.2) is 0 Å². The zero-order valence-corrected chi connectivity index (χ0v) is 44.0. The van der Waals surface area contributed by atoms with Gasteiger partial charge in [-0.05, 0) is 21.7 Å².